The van der Waals surface area contributed by atoms with Crippen LogP contribution in [-0.2, 0) is 19.1 Å². The van der Waals surface area contributed by atoms with Crippen LogP contribution in [0.2, 0.25) is 0 Å². The van der Waals surface area contributed by atoms with Gasteiger partial charge in [0.2, 0.25) is 0 Å². The molecule has 1 heterocycles. The molecule has 1 saturated heterocycles. The zero-order valence-corrected chi connectivity index (χ0v) is 10.7. The van der Waals surface area contributed by atoms with Gasteiger partial charge in [-0.05, 0) is 12.8 Å². The van der Waals surface area contributed by atoms with E-state index in [-0.39, 0.29) is 6.10 Å². The Bertz CT molecular complexity index is 326. The molecule has 1 atom stereocenters. The van der Waals surface area contributed by atoms with Crippen molar-refractivity contribution in [2.24, 2.45) is 0 Å². The maximum atomic E-state index is 11.3. The lowest BCUT2D eigenvalue weighted by molar-refractivity contribution is -0.186. The van der Waals surface area contributed by atoms with Gasteiger partial charge in [0.1, 0.15) is 6.10 Å². The zero-order chi connectivity index (χ0) is 13.0. The molecule has 2 amide bonds. The summed E-state index contributed by atoms with van der Waals surface area (Å²) in [5.41, 5.74) is 0. The molecule has 2 N–H and O–H groups in total. The van der Waals surface area contributed by atoms with Gasteiger partial charge in [0.25, 0.3) is 0 Å². The maximum absolute atomic E-state index is 11.3. The maximum Gasteiger partial charge on any atom is 0.309 e. The Morgan fingerprint density at radius 3 is 2.61 bits per heavy atom. The van der Waals surface area contributed by atoms with Crippen molar-refractivity contribution in [1.29, 1.82) is 0 Å². The van der Waals surface area contributed by atoms with Crippen LogP contribution < -0.4 is 10.6 Å². The van der Waals surface area contributed by atoms with Crippen molar-refractivity contribution < 1.29 is 19.1 Å². The van der Waals surface area contributed by atoms with Crippen molar-refractivity contribution in [3.8, 4) is 0 Å². The highest BCUT2D eigenvalue weighted by Crippen LogP contribution is 2.37. The van der Waals surface area contributed by atoms with Gasteiger partial charge in [-0.3, -0.25) is 9.59 Å². The fraction of sp³-hybridized carbons (Fsp3) is 0.833. The molecular weight excluding hydrogens is 236 g/mol. The first-order chi connectivity index (χ1) is 8.65. The summed E-state index contributed by atoms with van der Waals surface area (Å²) in [4.78, 5) is 22.3. The fourth-order valence-electron chi connectivity index (χ4n) is 2.47. The molecule has 6 nitrogen and oxygen atoms in total. The summed E-state index contributed by atoms with van der Waals surface area (Å²) in [5, 5.41) is 4.82. The standard InChI is InChI=1S/C12H20N2O4/c1-13-10(15)11(16)14-7-9-8-17-12(18-9)5-3-2-4-6-12/h9H,2-8H2,1H3,(H,13,15)(H,14,16)/t9-/m0/s1. The number of ether oxygens (including phenoxy) is 2. The van der Waals surface area contributed by atoms with E-state index in [0.717, 1.165) is 25.7 Å². The molecule has 2 aliphatic rings. The first-order valence-corrected chi connectivity index (χ1v) is 6.47. The van der Waals surface area contributed by atoms with Crippen molar-refractivity contribution in [3.63, 3.8) is 0 Å². The predicted molar refractivity (Wildman–Crippen MR) is 63.7 cm³/mol. The van der Waals surface area contributed by atoms with E-state index in [1.807, 2.05) is 0 Å². The molecule has 0 radical (unpaired) electrons. The number of amides is 2. The molecule has 18 heavy (non-hydrogen) atoms. The van der Waals surface area contributed by atoms with Crippen LogP contribution in [0.5, 0.6) is 0 Å². The second kappa shape index (κ2) is 5.67. The molecule has 102 valence electrons. The molecule has 0 aromatic rings. The summed E-state index contributed by atoms with van der Waals surface area (Å²) in [6, 6.07) is 0. The van der Waals surface area contributed by atoms with Crippen LogP contribution in [0.3, 0.4) is 0 Å². The van der Waals surface area contributed by atoms with Crippen molar-refractivity contribution in [2.45, 2.75) is 44.0 Å². The number of nitrogens with one attached hydrogen (secondary N) is 2. The van der Waals surface area contributed by atoms with Gasteiger partial charge in [0.05, 0.1) is 6.61 Å². The molecule has 2 fully saturated rings. The lowest BCUT2D eigenvalue weighted by Crippen LogP contribution is -2.42. The molecular formula is C12H20N2O4. The van der Waals surface area contributed by atoms with Crippen molar-refractivity contribution in [3.05, 3.63) is 0 Å². The first-order valence-electron chi connectivity index (χ1n) is 6.47. The number of hydrogen-bond acceptors (Lipinski definition) is 4. The van der Waals surface area contributed by atoms with Crippen molar-refractivity contribution in [2.75, 3.05) is 20.2 Å². The Labute approximate surface area is 106 Å². The third-order valence-corrected chi connectivity index (χ3v) is 3.45. The van der Waals surface area contributed by atoms with Gasteiger partial charge in [-0.1, -0.05) is 6.42 Å². The van der Waals surface area contributed by atoms with E-state index in [0.29, 0.717) is 13.2 Å². The van der Waals surface area contributed by atoms with E-state index in [1.165, 1.54) is 13.5 Å². The molecule has 0 unspecified atom stereocenters. The molecule has 1 aliphatic heterocycles. The smallest absolute Gasteiger partial charge is 0.309 e. The SMILES string of the molecule is CNC(=O)C(=O)NC[C@H]1COC2(CCCCC2)O1. The van der Waals surface area contributed by atoms with E-state index < -0.39 is 17.6 Å². The van der Waals surface area contributed by atoms with Crippen LogP contribution in [0.25, 0.3) is 0 Å². The second-order valence-electron chi connectivity index (χ2n) is 4.81. The zero-order valence-electron chi connectivity index (χ0n) is 10.7. The summed E-state index contributed by atoms with van der Waals surface area (Å²) >= 11 is 0. The molecule has 0 aromatic carbocycles. The fourth-order valence-corrected chi connectivity index (χ4v) is 2.47. The summed E-state index contributed by atoms with van der Waals surface area (Å²) in [5.74, 6) is -1.70. The van der Waals surface area contributed by atoms with Gasteiger partial charge in [-0.25, -0.2) is 0 Å². The van der Waals surface area contributed by atoms with Crippen LogP contribution in [0, 0.1) is 0 Å². The lowest BCUT2D eigenvalue weighted by atomic mass is 9.94. The quantitative estimate of drug-likeness (QED) is 0.678. The Morgan fingerprint density at radius 1 is 1.22 bits per heavy atom. The highest BCUT2D eigenvalue weighted by Gasteiger charge is 2.42. The number of carbonyl (C=O) groups is 2. The summed E-state index contributed by atoms with van der Waals surface area (Å²) in [6.45, 7) is 0.794. The third kappa shape index (κ3) is 3.00. The molecule has 6 heteroatoms. The molecule has 1 saturated carbocycles. The highest BCUT2D eigenvalue weighted by molar-refractivity contribution is 6.35. The van der Waals surface area contributed by atoms with E-state index >= 15 is 0 Å². The van der Waals surface area contributed by atoms with Gasteiger partial charge in [0, 0.05) is 26.4 Å². The minimum Gasteiger partial charge on any atom is -0.351 e. The minimum absolute atomic E-state index is 0.156. The van der Waals surface area contributed by atoms with E-state index in [9.17, 15) is 9.59 Å². The number of carbonyl (C=O) groups excluding carboxylic acids is 2. The topological polar surface area (TPSA) is 76.7 Å². The molecule has 2 rings (SSSR count). The largest absolute Gasteiger partial charge is 0.351 e. The van der Waals surface area contributed by atoms with Gasteiger partial charge >= 0.3 is 11.8 Å². The lowest BCUT2D eigenvalue weighted by Gasteiger charge is -2.31. The Hall–Kier alpha value is -1.14. The van der Waals surface area contributed by atoms with Crippen molar-refractivity contribution in [1.82, 2.24) is 10.6 Å². The van der Waals surface area contributed by atoms with Gasteiger partial charge in [-0.15, -0.1) is 0 Å². The average molecular weight is 256 g/mol. The Morgan fingerprint density at radius 2 is 1.94 bits per heavy atom. The summed E-state index contributed by atoms with van der Waals surface area (Å²) in [6.07, 6.45) is 5.16. The normalized spacial score (nSPS) is 25.9. The predicted octanol–water partition coefficient (Wildman–Crippen LogP) is -0.0756. The van der Waals surface area contributed by atoms with Gasteiger partial charge in [-0.2, -0.15) is 0 Å². The second-order valence-corrected chi connectivity index (χ2v) is 4.81. The minimum atomic E-state index is -0.638. The Kier molecular flexibility index (Phi) is 4.19. The summed E-state index contributed by atoms with van der Waals surface area (Å²) < 4.78 is 11.6. The summed E-state index contributed by atoms with van der Waals surface area (Å²) in [7, 11) is 1.42. The highest BCUT2D eigenvalue weighted by atomic mass is 16.7. The third-order valence-electron chi connectivity index (χ3n) is 3.45. The number of likely N-dealkylation sites (N-methyl/N-ethyl adjacent to an activating group) is 1. The average Bonchev–Trinajstić information content (AvgIpc) is 2.79. The van der Waals surface area contributed by atoms with Gasteiger partial charge in [0.15, 0.2) is 5.79 Å². The van der Waals surface area contributed by atoms with Crippen LogP contribution in [0.1, 0.15) is 32.1 Å². The monoisotopic (exact) mass is 256 g/mol. The van der Waals surface area contributed by atoms with Crippen LogP contribution in [0.4, 0.5) is 0 Å². The molecule has 1 spiro atoms. The van der Waals surface area contributed by atoms with E-state index in [1.54, 1.807) is 0 Å². The Balaban J connectivity index is 1.76. The molecule has 1 aliphatic carbocycles. The first kappa shape index (κ1) is 13.3. The van der Waals surface area contributed by atoms with Gasteiger partial charge < -0.3 is 20.1 Å². The van der Waals surface area contributed by atoms with Crippen LogP contribution >= 0.6 is 0 Å². The van der Waals surface area contributed by atoms with Crippen molar-refractivity contribution >= 4 is 11.8 Å². The van der Waals surface area contributed by atoms with E-state index in [4.69, 9.17) is 9.47 Å². The van der Waals surface area contributed by atoms with E-state index in [2.05, 4.69) is 10.6 Å². The molecule has 0 bridgehead atoms. The number of rotatable bonds is 2. The van der Waals surface area contributed by atoms with Crippen LogP contribution in [0.15, 0.2) is 0 Å². The van der Waals surface area contributed by atoms with Crippen LogP contribution in [-0.4, -0.2) is 43.9 Å². The molecule has 0 aromatic heterocycles. The number of hydrogen-bond donors (Lipinski definition) is 2.